The first-order valence-electron chi connectivity index (χ1n) is 5.06. The molecule has 1 saturated carbocycles. The molecular weight excluding hydrogens is 308 g/mol. The summed E-state index contributed by atoms with van der Waals surface area (Å²) in [6, 6.07) is 0. The van der Waals surface area contributed by atoms with E-state index in [0.29, 0.717) is 5.92 Å². The second kappa shape index (κ2) is 3.89. The molecule has 1 fully saturated rings. The van der Waals surface area contributed by atoms with Crippen LogP contribution >= 0.6 is 31.9 Å². The molecule has 0 radical (unpaired) electrons. The van der Waals surface area contributed by atoms with Crippen molar-refractivity contribution in [3.63, 3.8) is 0 Å². The first kappa shape index (κ1) is 12.7. The summed E-state index contributed by atoms with van der Waals surface area (Å²) in [5, 5.41) is 0. The van der Waals surface area contributed by atoms with E-state index in [2.05, 4.69) is 59.6 Å². The highest BCUT2D eigenvalue weighted by Gasteiger charge is 2.54. The largest absolute Gasteiger partial charge is 0.297 e. The van der Waals surface area contributed by atoms with Crippen molar-refractivity contribution in [2.45, 2.75) is 44.3 Å². The summed E-state index contributed by atoms with van der Waals surface area (Å²) >= 11 is 6.65. The third-order valence-corrected chi connectivity index (χ3v) is 5.31. The lowest BCUT2D eigenvalue weighted by atomic mass is 9.64. The molecule has 2 unspecified atom stereocenters. The van der Waals surface area contributed by atoms with Crippen LogP contribution in [0.2, 0.25) is 0 Å². The van der Waals surface area contributed by atoms with Gasteiger partial charge >= 0.3 is 0 Å². The van der Waals surface area contributed by atoms with Crippen molar-refractivity contribution in [1.29, 1.82) is 0 Å². The summed E-state index contributed by atoms with van der Waals surface area (Å²) in [4.78, 5) is 12.1. The molecule has 0 saturated heterocycles. The van der Waals surface area contributed by atoms with Gasteiger partial charge < -0.3 is 0 Å². The maximum absolute atomic E-state index is 12.1. The number of hydrogen-bond acceptors (Lipinski definition) is 1. The molecule has 82 valence electrons. The van der Waals surface area contributed by atoms with Crippen molar-refractivity contribution in [3.05, 3.63) is 0 Å². The topological polar surface area (TPSA) is 17.1 Å². The van der Waals surface area contributed by atoms with Crippen LogP contribution in [0.3, 0.4) is 0 Å². The predicted molar refractivity (Wildman–Crippen MR) is 66.9 cm³/mol. The van der Waals surface area contributed by atoms with Gasteiger partial charge in [-0.3, -0.25) is 4.79 Å². The van der Waals surface area contributed by atoms with Crippen LogP contribution in [0.15, 0.2) is 0 Å². The Hall–Kier alpha value is 0.630. The van der Waals surface area contributed by atoms with E-state index in [1.54, 1.807) is 0 Å². The molecule has 0 aliphatic heterocycles. The minimum absolute atomic E-state index is 0.101. The monoisotopic (exact) mass is 324 g/mol. The van der Waals surface area contributed by atoms with E-state index in [0.717, 1.165) is 12.8 Å². The molecule has 2 atom stereocenters. The first-order chi connectivity index (χ1) is 6.23. The Balaban J connectivity index is 3.01. The molecule has 1 nitrogen and oxygen atoms in total. The van der Waals surface area contributed by atoms with Crippen molar-refractivity contribution in [3.8, 4) is 0 Å². The number of Topliss-reactive ketones (excluding diaryl/α,β-unsaturated/α-hetero) is 1. The number of ketones is 1. The maximum Gasteiger partial charge on any atom is 0.163 e. The van der Waals surface area contributed by atoms with E-state index in [9.17, 15) is 4.79 Å². The van der Waals surface area contributed by atoms with Gasteiger partial charge in [-0.25, -0.2) is 0 Å². The van der Waals surface area contributed by atoms with Gasteiger partial charge in [0.05, 0.1) is 0 Å². The second-order valence-electron chi connectivity index (χ2n) is 5.16. The summed E-state index contributed by atoms with van der Waals surface area (Å²) in [6.07, 6.45) is 2.16. The molecule has 0 aromatic rings. The Morgan fingerprint density at radius 3 is 2.14 bits per heavy atom. The minimum Gasteiger partial charge on any atom is -0.297 e. The standard InChI is InChI=1S/C11H18Br2O/c1-7-5-6-11(4,10(7,2)3)8(14)9(12)13/h7,9H,5-6H2,1-4H3. The average molecular weight is 326 g/mol. The van der Waals surface area contributed by atoms with Crippen molar-refractivity contribution in [2.24, 2.45) is 16.7 Å². The van der Waals surface area contributed by atoms with Crippen LogP contribution in [-0.2, 0) is 4.79 Å². The van der Waals surface area contributed by atoms with E-state index in [1.807, 2.05) is 0 Å². The highest BCUT2D eigenvalue weighted by atomic mass is 79.9. The lowest BCUT2D eigenvalue weighted by molar-refractivity contribution is -0.131. The molecule has 0 N–H and O–H groups in total. The molecule has 1 rings (SSSR count). The van der Waals surface area contributed by atoms with Gasteiger partial charge in [-0.2, -0.15) is 0 Å². The number of hydrogen-bond donors (Lipinski definition) is 0. The SMILES string of the molecule is CC1CCC(C)(C(=O)C(Br)Br)C1(C)C. The zero-order valence-corrected chi connectivity index (χ0v) is 12.4. The van der Waals surface area contributed by atoms with E-state index in [-0.39, 0.29) is 20.3 Å². The molecule has 0 amide bonds. The number of halogens is 2. The van der Waals surface area contributed by atoms with Gasteiger partial charge in [-0.1, -0.05) is 59.6 Å². The smallest absolute Gasteiger partial charge is 0.163 e. The average Bonchev–Trinajstić information content (AvgIpc) is 2.29. The normalized spacial score (nSPS) is 36.4. The number of rotatable bonds is 2. The summed E-state index contributed by atoms with van der Waals surface area (Å²) in [5.74, 6) is 0.905. The fraction of sp³-hybridized carbons (Fsp3) is 0.909. The van der Waals surface area contributed by atoms with Crippen molar-refractivity contribution in [1.82, 2.24) is 0 Å². The van der Waals surface area contributed by atoms with E-state index in [4.69, 9.17) is 0 Å². The predicted octanol–water partition coefficient (Wildman–Crippen LogP) is 4.13. The zero-order chi connectivity index (χ0) is 11.1. The lowest BCUT2D eigenvalue weighted by Gasteiger charge is -2.40. The van der Waals surface area contributed by atoms with Crippen molar-refractivity contribution in [2.75, 3.05) is 0 Å². The molecule has 1 aliphatic carbocycles. The van der Waals surface area contributed by atoms with Crippen LogP contribution in [0.25, 0.3) is 0 Å². The van der Waals surface area contributed by atoms with Gasteiger partial charge in [0, 0.05) is 5.41 Å². The zero-order valence-electron chi connectivity index (χ0n) is 9.23. The Kier molecular flexibility index (Phi) is 3.53. The fourth-order valence-corrected chi connectivity index (χ4v) is 3.42. The van der Waals surface area contributed by atoms with E-state index < -0.39 is 0 Å². The van der Waals surface area contributed by atoms with Crippen LogP contribution in [0.1, 0.15) is 40.5 Å². The second-order valence-corrected chi connectivity index (χ2v) is 8.22. The third-order valence-electron chi connectivity index (χ3n) is 4.47. The van der Waals surface area contributed by atoms with Crippen LogP contribution in [0.5, 0.6) is 0 Å². The number of carbonyl (C=O) groups is 1. The van der Waals surface area contributed by atoms with E-state index in [1.165, 1.54) is 0 Å². The molecular formula is C11H18Br2O. The molecule has 0 aromatic heterocycles. The molecule has 0 aromatic carbocycles. The summed E-state index contributed by atoms with van der Waals surface area (Å²) in [6.45, 7) is 8.78. The number of alkyl halides is 2. The van der Waals surface area contributed by atoms with Crippen molar-refractivity contribution < 1.29 is 4.79 Å². The molecule has 3 heteroatoms. The number of carbonyl (C=O) groups excluding carboxylic acids is 1. The lowest BCUT2D eigenvalue weighted by Crippen LogP contribution is -2.42. The molecule has 14 heavy (non-hydrogen) atoms. The molecule has 0 bridgehead atoms. The Labute approximate surface area is 103 Å². The van der Waals surface area contributed by atoms with Gasteiger partial charge in [0.1, 0.15) is 3.74 Å². The van der Waals surface area contributed by atoms with Gasteiger partial charge in [-0.15, -0.1) is 0 Å². The van der Waals surface area contributed by atoms with Gasteiger partial charge in [0.15, 0.2) is 5.78 Å². The fourth-order valence-electron chi connectivity index (χ4n) is 2.41. The van der Waals surface area contributed by atoms with Crippen LogP contribution in [-0.4, -0.2) is 9.52 Å². The maximum atomic E-state index is 12.1. The highest BCUT2D eigenvalue weighted by molar-refractivity contribution is 9.25. The van der Waals surface area contributed by atoms with Gasteiger partial charge in [0.2, 0.25) is 0 Å². The van der Waals surface area contributed by atoms with E-state index >= 15 is 0 Å². The summed E-state index contributed by atoms with van der Waals surface area (Å²) < 4.78 is -0.204. The van der Waals surface area contributed by atoms with Crippen molar-refractivity contribution >= 4 is 37.6 Å². The minimum atomic E-state index is -0.204. The van der Waals surface area contributed by atoms with Gasteiger partial charge in [-0.05, 0) is 24.2 Å². The quantitative estimate of drug-likeness (QED) is 0.697. The summed E-state index contributed by atoms with van der Waals surface area (Å²) in [5.41, 5.74) is -0.0893. The Morgan fingerprint density at radius 2 is 1.86 bits per heavy atom. The van der Waals surface area contributed by atoms with Gasteiger partial charge in [0.25, 0.3) is 0 Å². The van der Waals surface area contributed by atoms with Crippen LogP contribution < -0.4 is 0 Å². The third kappa shape index (κ3) is 1.71. The molecule has 0 heterocycles. The Bertz CT molecular complexity index is 248. The Morgan fingerprint density at radius 1 is 1.36 bits per heavy atom. The summed E-state index contributed by atoms with van der Waals surface area (Å²) in [7, 11) is 0. The molecule has 0 spiro atoms. The molecule has 1 aliphatic rings. The first-order valence-corrected chi connectivity index (χ1v) is 6.89. The van der Waals surface area contributed by atoms with Crippen LogP contribution in [0.4, 0.5) is 0 Å². The van der Waals surface area contributed by atoms with Crippen LogP contribution in [0, 0.1) is 16.7 Å². The highest BCUT2D eigenvalue weighted by Crippen LogP contribution is 2.57.